The number of primary amides is 1. The Labute approximate surface area is 190 Å². The number of nitrogens with zero attached hydrogens (tertiary/aromatic N) is 2. The van der Waals surface area contributed by atoms with Crippen LogP contribution in [0, 0.1) is 18.3 Å². The molecular formula is C26H32N4O2. The maximum atomic E-state index is 13.3. The Balaban J connectivity index is 1.76. The quantitative estimate of drug-likeness (QED) is 0.699. The Morgan fingerprint density at radius 2 is 1.75 bits per heavy atom. The number of urea groups is 1. The Morgan fingerprint density at radius 1 is 1.12 bits per heavy atom. The molecule has 1 heterocycles. The number of likely N-dealkylation sites (tertiary alicyclic amines) is 1. The van der Waals surface area contributed by atoms with Gasteiger partial charge in [0, 0.05) is 18.7 Å². The zero-order chi connectivity index (χ0) is 23.3. The lowest BCUT2D eigenvalue weighted by molar-refractivity contribution is 0.0712. The molecule has 6 heteroatoms. The molecule has 0 spiro atoms. The number of carbonyl (C=O) groups excluding carboxylic acids is 2. The van der Waals surface area contributed by atoms with Gasteiger partial charge in [0.05, 0.1) is 17.2 Å². The summed E-state index contributed by atoms with van der Waals surface area (Å²) in [6, 6.07) is 15.1. The van der Waals surface area contributed by atoms with Gasteiger partial charge in [-0.3, -0.25) is 4.79 Å². The molecule has 6 nitrogen and oxygen atoms in total. The van der Waals surface area contributed by atoms with Gasteiger partial charge in [-0.2, -0.15) is 5.26 Å². The van der Waals surface area contributed by atoms with Gasteiger partial charge in [0.25, 0.3) is 5.91 Å². The summed E-state index contributed by atoms with van der Waals surface area (Å²) in [6.45, 7) is 7.41. The van der Waals surface area contributed by atoms with Crippen molar-refractivity contribution in [1.82, 2.24) is 10.2 Å². The molecule has 0 aromatic heterocycles. The monoisotopic (exact) mass is 432 g/mol. The number of rotatable bonds is 6. The minimum absolute atomic E-state index is 0.0182. The normalized spacial score (nSPS) is 14.6. The van der Waals surface area contributed by atoms with Gasteiger partial charge in [-0.1, -0.05) is 32.0 Å². The summed E-state index contributed by atoms with van der Waals surface area (Å²) in [5, 5.41) is 11.9. The van der Waals surface area contributed by atoms with Gasteiger partial charge in [-0.15, -0.1) is 0 Å². The lowest BCUT2D eigenvalue weighted by Gasteiger charge is -2.35. The maximum Gasteiger partial charge on any atom is 0.312 e. The van der Waals surface area contributed by atoms with Crippen LogP contribution in [-0.2, 0) is 5.54 Å². The minimum Gasteiger partial charge on any atom is -0.352 e. The fourth-order valence-corrected chi connectivity index (χ4v) is 4.81. The zero-order valence-corrected chi connectivity index (χ0v) is 19.1. The SMILES string of the molecule is CCC(CC)(NC(N)=O)c1cc(C(=O)N2CCC(c3ccc(C#N)cc3)CC2)ccc1C. The molecule has 32 heavy (non-hydrogen) atoms. The standard InChI is InChI=1S/C26H32N4O2/c1-4-26(5-2,29-25(28)32)23-16-22(9-6-18(23)3)24(31)30-14-12-21(13-15-30)20-10-7-19(17-27)8-11-20/h6-11,16,21H,4-5,12-15H2,1-3H3,(H3,28,29,32). The predicted molar refractivity (Wildman–Crippen MR) is 125 cm³/mol. The van der Waals surface area contributed by atoms with Crippen LogP contribution in [0.4, 0.5) is 4.79 Å². The number of hydrogen-bond acceptors (Lipinski definition) is 3. The molecule has 168 valence electrons. The van der Waals surface area contributed by atoms with E-state index in [1.807, 2.05) is 68.1 Å². The highest BCUT2D eigenvalue weighted by Crippen LogP contribution is 2.33. The number of aryl methyl sites for hydroxylation is 1. The first-order valence-corrected chi connectivity index (χ1v) is 11.3. The molecule has 0 aliphatic carbocycles. The van der Waals surface area contributed by atoms with E-state index in [4.69, 9.17) is 11.0 Å². The van der Waals surface area contributed by atoms with Gasteiger partial charge in [0.1, 0.15) is 0 Å². The van der Waals surface area contributed by atoms with Crippen LogP contribution in [0.2, 0.25) is 0 Å². The summed E-state index contributed by atoms with van der Waals surface area (Å²) in [5.41, 5.74) is 9.38. The number of amides is 3. The number of nitriles is 1. The summed E-state index contributed by atoms with van der Waals surface area (Å²) in [7, 11) is 0. The van der Waals surface area contributed by atoms with Crippen LogP contribution in [0.5, 0.6) is 0 Å². The Hall–Kier alpha value is -3.33. The third-order valence-corrected chi connectivity index (χ3v) is 6.86. The van der Waals surface area contributed by atoms with E-state index in [1.165, 1.54) is 5.56 Å². The topological polar surface area (TPSA) is 99.2 Å². The molecule has 0 bridgehead atoms. The third kappa shape index (κ3) is 4.77. The third-order valence-electron chi connectivity index (χ3n) is 6.86. The number of piperidine rings is 1. The van der Waals surface area contributed by atoms with Crippen molar-refractivity contribution < 1.29 is 9.59 Å². The molecule has 3 amide bonds. The van der Waals surface area contributed by atoms with Crippen LogP contribution in [0.1, 0.15) is 78.1 Å². The van der Waals surface area contributed by atoms with E-state index >= 15 is 0 Å². The fraction of sp³-hybridized carbons (Fsp3) is 0.423. The minimum atomic E-state index is -0.589. The highest BCUT2D eigenvalue weighted by atomic mass is 16.2. The maximum absolute atomic E-state index is 13.3. The number of hydrogen-bond donors (Lipinski definition) is 2. The van der Waals surface area contributed by atoms with E-state index in [9.17, 15) is 9.59 Å². The van der Waals surface area contributed by atoms with Crippen LogP contribution in [0.25, 0.3) is 0 Å². The highest BCUT2D eigenvalue weighted by molar-refractivity contribution is 5.94. The molecule has 3 rings (SSSR count). The van der Waals surface area contributed by atoms with Gasteiger partial charge < -0.3 is 16.0 Å². The predicted octanol–water partition coefficient (Wildman–Crippen LogP) is 4.57. The number of nitrogens with two attached hydrogens (primary N) is 1. The molecule has 2 aromatic carbocycles. The average Bonchev–Trinajstić information content (AvgIpc) is 2.82. The fourth-order valence-electron chi connectivity index (χ4n) is 4.81. The molecule has 0 radical (unpaired) electrons. The van der Waals surface area contributed by atoms with E-state index in [1.54, 1.807) is 0 Å². The lowest BCUT2D eigenvalue weighted by atomic mass is 9.81. The molecule has 1 fully saturated rings. The molecule has 3 N–H and O–H groups in total. The molecule has 1 aliphatic heterocycles. The molecule has 0 saturated carbocycles. The Kier molecular flexibility index (Phi) is 7.19. The molecule has 0 unspecified atom stereocenters. The second-order valence-corrected chi connectivity index (χ2v) is 8.61. The largest absolute Gasteiger partial charge is 0.352 e. The second-order valence-electron chi connectivity index (χ2n) is 8.61. The Morgan fingerprint density at radius 3 is 2.28 bits per heavy atom. The van der Waals surface area contributed by atoms with Crippen molar-refractivity contribution in [2.75, 3.05) is 13.1 Å². The second kappa shape index (κ2) is 9.86. The van der Waals surface area contributed by atoms with Crippen molar-refractivity contribution >= 4 is 11.9 Å². The van der Waals surface area contributed by atoms with Crippen molar-refractivity contribution in [3.8, 4) is 6.07 Å². The summed E-state index contributed by atoms with van der Waals surface area (Å²) >= 11 is 0. The van der Waals surface area contributed by atoms with Gasteiger partial charge in [-0.05, 0) is 79.5 Å². The number of benzene rings is 2. The van der Waals surface area contributed by atoms with E-state index in [0.29, 0.717) is 43.0 Å². The summed E-state index contributed by atoms with van der Waals surface area (Å²) in [4.78, 5) is 26.9. The Bertz CT molecular complexity index is 1010. The van der Waals surface area contributed by atoms with Crippen molar-refractivity contribution in [3.63, 3.8) is 0 Å². The van der Waals surface area contributed by atoms with Crippen molar-refractivity contribution in [1.29, 1.82) is 5.26 Å². The van der Waals surface area contributed by atoms with Crippen LogP contribution >= 0.6 is 0 Å². The van der Waals surface area contributed by atoms with Gasteiger partial charge in [0.2, 0.25) is 0 Å². The zero-order valence-electron chi connectivity index (χ0n) is 19.1. The molecule has 1 aliphatic rings. The van der Waals surface area contributed by atoms with Crippen LogP contribution < -0.4 is 11.1 Å². The van der Waals surface area contributed by atoms with E-state index in [0.717, 1.165) is 24.0 Å². The average molecular weight is 433 g/mol. The van der Waals surface area contributed by atoms with Crippen LogP contribution in [0.3, 0.4) is 0 Å². The van der Waals surface area contributed by atoms with Gasteiger partial charge >= 0.3 is 6.03 Å². The van der Waals surface area contributed by atoms with E-state index in [-0.39, 0.29) is 5.91 Å². The van der Waals surface area contributed by atoms with Crippen LogP contribution in [-0.4, -0.2) is 29.9 Å². The molecule has 1 saturated heterocycles. The van der Waals surface area contributed by atoms with Crippen molar-refractivity contribution in [2.45, 2.75) is 57.9 Å². The number of nitrogens with one attached hydrogen (secondary N) is 1. The first kappa shape index (κ1) is 23.3. The molecule has 0 atom stereocenters. The first-order valence-electron chi connectivity index (χ1n) is 11.3. The van der Waals surface area contributed by atoms with Crippen molar-refractivity contribution in [3.05, 3.63) is 70.3 Å². The van der Waals surface area contributed by atoms with Crippen LogP contribution in [0.15, 0.2) is 42.5 Å². The van der Waals surface area contributed by atoms with E-state index in [2.05, 4.69) is 11.4 Å². The van der Waals surface area contributed by atoms with Gasteiger partial charge in [-0.25, -0.2) is 4.79 Å². The molecular weight excluding hydrogens is 400 g/mol. The summed E-state index contributed by atoms with van der Waals surface area (Å²) < 4.78 is 0. The summed E-state index contributed by atoms with van der Waals surface area (Å²) in [6.07, 6.45) is 3.16. The summed E-state index contributed by atoms with van der Waals surface area (Å²) in [5.74, 6) is 0.415. The highest BCUT2D eigenvalue weighted by Gasteiger charge is 2.32. The molecule has 2 aromatic rings. The van der Waals surface area contributed by atoms with Crippen molar-refractivity contribution in [2.24, 2.45) is 5.73 Å². The smallest absolute Gasteiger partial charge is 0.312 e. The van der Waals surface area contributed by atoms with E-state index < -0.39 is 11.6 Å². The number of carbonyl (C=O) groups is 2. The first-order chi connectivity index (χ1) is 15.3. The van der Waals surface area contributed by atoms with Gasteiger partial charge in [0.15, 0.2) is 0 Å². The lowest BCUT2D eigenvalue weighted by Crippen LogP contribution is -2.48.